The number of ether oxygens (including phenoxy) is 1. The average molecular weight is 431 g/mol. The predicted molar refractivity (Wildman–Crippen MR) is 117 cm³/mol. The minimum Gasteiger partial charge on any atom is -0.484 e. The third kappa shape index (κ3) is 4.33. The van der Waals surface area contributed by atoms with Crippen LogP contribution in [0.25, 0.3) is 0 Å². The molecule has 2 aromatic rings. The van der Waals surface area contributed by atoms with Crippen molar-refractivity contribution < 1.29 is 17.9 Å². The molecule has 6 nitrogen and oxygen atoms in total. The number of fused-ring (bicyclic) bond motifs is 1. The molecule has 2 fully saturated rings. The summed E-state index contributed by atoms with van der Waals surface area (Å²) in [5, 5.41) is 0.423. The molecule has 2 aromatic carbocycles. The Morgan fingerprint density at radius 1 is 1.17 bits per heavy atom. The van der Waals surface area contributed by atoms with Crippen LogP contribution >= 0.6 is 11.8 Å². The number of hydrogen-bond acceptors (Lipinski definition) is 5. The third-order valence-corrected chi connectivity index (χ3v) is 8.23. The highest BCUT2D eigenvalue weighted by atomic mass is 32.2. The van der Waals surface area contributed by atoms with E-state index in [-0.39, 0.29) is 29.4 Å². The van der Waals surface area contributed by atoms with Crippen molar-refractivity contribution in [1.29, 1.82) is 0 Å². The lowest BCUT2D eigenvalue weighted by Gasteiger charge is -2.26. The van der Waals surface area contributed by atoms with Gasteiger partial charge in [0.2, 0.25) is 0 Å². The zero-order chi connectivity index (χ0) is 20.6. The Morgan fingerprint density at radius 2 is 1.93 bits per heavy atom. The van der Waals surface area contributed by atoms with E-state index in [1.807, 2.05) is 55.1 Å². The van der Waals surface area contributed by atoms with E-state index < -0.39 is 15.7 Å². The van der Waals surface area contributed by atoms with Crippen LogP contribution in [0.1, 0.15) is 11.1 Å². The molecule has 8 heteroatoms. The Morgan fingerprint density at radius 3 is 2.69 bits per heavy atom. The van der Waals surface area contributed by atoms with Crippen molar-refractivity contribution >= 4 is 38.4 Å². The van der Waals surface area contributed by atoms with Gasteiger partial charge in [-0.25, -0.2) is 8.42 Å². The first-order chi connectivity index (χ1) is 13.8. The van der Waals surface area contributed by atoms with Gasteiger partial charge in [-0.15, -0.1) is 0 Å². The summed E-state index contributed by atoms with van der Waals surface area (Å²) in [5.41, 5.74) is 2.98. The molecule has 2 heterocycles. The number of thioether (sulfide) groups is 1. The topological polar surface area (TPSA) is 76.0 Å². The maximum atomic E-state index is 12.5. The van der Waals surface area contributed by atoms with Crippen LogP contribution in [0, 0.1) is 13.8 Å². The normalized spacial score (nSPS) is 23.9. The number of rotatable bonds is 4. The number of anilines is 1. The van der Waals surface area contributed by atoms with E-state index in [4.69, 9.17) is 4.74 Å². The first-order valence-electron chi connectivity index (χ1n) is 9.35. The molecule has 2 atom stereocenters. The Kier molecular flexibility index (Phi) is 5.40. The van der Waals surface area contributed by atoms with E-state index in [1.165, 1.54) is 11.8 Å². The van der Waals surface area contributed by atoms with Gasteiger partial charge in [-0.1, -0.05) is 42.1 Å². The van der Waals surface area contributed by atoms with Crippen LogP contribution in [-0.2, 0) is 14.6 Å². The Bertz CT molecular complexity index is 1070. The van der Waals surface area contributed by atoms with Crippen molar-refractivity contribution in [3.8, 4) is 5.75 Å². The molecule has 2 aliphatic rings. The van der Waals surface area contributed by atoms with Gasteiger partial charge in [0.25, 0.3) is 5.91 Å². The number of amidine groups is 1. The number of amides is 1. The van der Waals surface area contributed by atoms with Crippen molar-refractivity contribution in [2.45, 2.75) is 25.1 Å². The second-order valence-electron chi connectivity index (χ2n) is 7.35. The molecule has 0 aliphatic carbocycles. The lowest BCUT2D eigenvalue weighted by molar-refractivity contribution is -0.119. The van der Waals surface area contributed by atoms with Gasteiger partial charge >= 0.3 is 0 Å². The molecule has 29 heavy (non-hydrogen) atoms. The number of carbonyl (C=O) groups excluding carboxylic acids is 1. The number of aliphatic imine (C=N–C) groups is 1. The number of carbonyl (C=O) groups is 1. The summed E-state index contributed by atoms with van der Waals surface area (Å²) in [5.74, 6) is 0.396. The molecule has 0 saturated carbocycles. The maximum absolute atomic E-state index is 12.5. The molecule has 0 spiro atoms. The fraction of sp³-hybridized carbons (Fsp3) is 0.333. The molecule has 0 aromatic heterocycles. The lowest BCUT2D eigenvalue weighted by atomic mass is 10.1. The first-order valence-corrected chi connectivity index (χ1v) is 12.1. The molecule has 0 radical (unpaired) electrons. The predicted octanol–water partition coefficient (Wildman–Crippen LogP) is 2.98. The van der Waals surface area contributed by atoms with E-state index in [9.17, 15) is 13.2 Å². The number of sulfone groups is 1. The molecular weight excluding hydrogens is 408 g/mol. The largest absolute Gasteiger partial charge is 0.484 e. The van der Waals surface area contributed by atoms with Crippen LogP contribution < -0.4 is 9.64 Å². The summed E-state index contributed by atoms with van der Waals surface area (Å²) in [6.45, 7) is 3.81. The molecule has 0 unspecified atom stereocenters. The molecule has 4 rings (SSSR count). The fourth-order valence-electron chi connectivity index (χ4n) is 3.63. The summed E-state index contributed by atoms with van der Waals surface area (Å²) in [7, 11) is -3.09. The summed E-state index contributed by atoms with van der Waals surface area (Å²) in [6, 6.07) is 14.9. The van der Waals surface area contributed by atoms with E-state index in [0.29, 0.717) is 10.9 Å². The van der Waals surface area contributed by atoms with Crippen molar-refractivity contribution in [1.82, 2.24) is 0 Å². The minimum atomic E-state index is -3.09. The Hall–Kier alpha value is -2.32. The van der Waals surface area contributed by atoms with Gasteiger partial charge in [-0.2, -0.15) is 4.99 Å². The van der Waals surface area contributed by atoms with Crippen LogP contribution in [0.3, 0.4) is 0 Å². The zero-order valence-corrected chi connectivity index (χ0v) is 17.9. The van der Waals surface area contributed by atoms with Gasteiger partial charge in [0.05, 0.1) is 17.5 Å². The smallest absolute Gasteiger partial charge is 0.285 e. The highest BCUT2D eigenvalue weighted by Gasteiger charge is 2.49. The van der Waals surface area contributed by atoms with Crippen molar-refractivity contribution in [2.24, 2.45) is 4.99 Å². The highest BCUT2D eigenvalue weighted by Crippen LogP contribution is 2.42. The molecular formula is C21H22N2O4S2. The summed E-state index contributed by atoms with van der Waals surface area (Å²) >= 11 is 1.37. The molecule has 0 bridgehead atoms. The molecule has 2 aliphatic heterocycles. The SMILES string of the molecule is Cc1ccc(C)c(N2C(=NC(=O)COc3ccccc3)S[C@@H]3CS(=O)(=O)C[C@H]32)c1. The zero-order valence-electron chi connectivity index (χ0n) is 16.2. The van der Waals surface area contributed by atoms with Crippen molar-refractivity contribution in [3.63, 3.8) is 0 Å². The summed E-state index contributed by atoms with van der Waals surface area (Å²) in [6.07, 6.45) is 0. The molecule has 2 saturated heterocycles. The monoisotopic (exact) mass is 430 g/mol. The van der Waals surface area contributed by atoms with Gasteiger partial charge in [-0.05, 0) is 43.2 Å². The van der Waals surface area contributed by atoms with Gasteiger partial charge in [0, 0.05) is 10.9 Å². The van der Waals surface area contributed by atoms with E-state index >= 15 is 0 Å². The van der Waals surface area contributed by atoms with Gasteiger partial charge in [0.1, 0.15) is 5.75 Å². The fourth-order valence-corrected chi connectivity index (χ4v) is 7.55. The van der Waals surface area contributed by atoms with Crippen LogP contribution in [0.5, 0.6) is 5.75 Å². The number of nitrogens with zero attached hydrogens (tertiary/aromatic N) is 2. The second-order valence-corrected chi connectivity index (χ2v) is 10.7. The van der Waals surface area contributed by atoms with Gasteiger partial charge < -0.3 is 9.64 Å². The third-order valence-electron chi connectivity index (χ3n) is 5.02. The van der Waals surface area contributed by atoms with Crippen molar-refractivity contribution in [3.05, 3.63) is 59.7 Å². The average Bonchev–Trinajstić information content (AvgIpc) is 3.14. The number of aryl methyl sites for hydroxylation is 2. The number of benzene rings is 2. The minimum absolute atomic E-state index is 0.0752. The summed E-state index contributed by atoms with van der Waals surface area (Å²) < 4.78 is 29.9. The Balaban J connectivity index is 1.61. The lowest BCUT2D eigenvalue weighted by Crippen LogP contribution is -2.38. The molecule has 152 valence electrons. The van der Waals surface area contributed by atoms with Crippen LogP contribution in [-0.4, -0.2) is 48.9 Å². The maximum Gasteiger partial charge on any atom is 0.285 e. The second kappa shape index (κ2) is 7.84. The standard InChI is InChI=1S/C21H22N2O4S2/c1-14-8-9-15(2)17(10-14)23-18-12-29(25,26)13-19(18)28-21(23)22-20(24)11-27-16-6-4-3-5-7-16/h3-10,18-19H,11-13H2,1-2H3/t18-,19-/m1/s1. The Labute approximate surface area is 174 Å². The van der Waals surface area contributed by atoms with E-state index in [1.54, 1.807) is 12.1 Å². The highest BCUT2D eigenvalue weighted by molar-refractivity contribution is 8.16. The first kappa shape index (κ1) is 20.0. The van der Waals surface area contributed by atoms with E-state index in [2.05, 4.69) is 4.99 Å². The number of para-hydroxylation sites is 1. The van der Waals surface area contributed by atoms with Gasteiger partial charge in [-0.3, -0.25) is 4.79 Å². The van der Waals surface area contributed by atoms with Crippen LogP contribution in [0.15, 0.2) is 53.5 Å². The quantitative estimate of drug-likeness (QED) is 0.742. The molecule has 0 N–H and O–H groups in total. The summed E-state index contributed by atoms with van der Waals surface area (Å²) in [4.78, 5) is 18.7. The molecule has 1 amide bonds. The van der Waals surface area contributed by atoms with Crippen molar-refractivity contribution in [2.75, 3.05) is 23.0 Å². The van der Waals surface area contributed by atoms with Crippen LogP contribution in [0.4, 0.5) is 5.69 Å². The van der Waals surface area contributed by atoms with E-state index in [0.717, 1.165) is 16.8 Å². The van der Waals surface area contributed by atoms with Crippen LogP contribution in [0.2, 0.25) is 0 Å². The van der Waals surface area contributed by atoms with Gasteiger partial charge in [0.15, 0.2) is 21.6 Å². The number of hydrogen-bond donors (Lipinski definition) is 0.